The number of pyridine rings is 1. The standard InChI is InChI=1S/C32H33N5O4S/c1-32(2,3)30(39)34-23-16-15-22(19-26(23)40-4)37-28(27(35-31(37)42)24-9-6-7-17-33-24)25-10-8-18-36(25)21-13-11-20(12-14-21)29(38)41-5/h6-19,27-28H,1-5H3,(H,34,39)(H,35,42)/t27-,28+/m1/s1. The van der Waals surface area contributed by atoms with Crippen LogP contribution in [0, 0.1) is 5.41 Å². The summed E-state index contributed by atoms with van der Waals surface area (Å²) in [6.07, 6.45) is 3.74. The minimum atomic E-state index is -0.564. The van der Waals surface area contributed by atoms with E-state index in [1.165, 1.54) is 7.11 Å². The zero-order valence-electron chi connectivity index (χ0n) is 24.1. The molecule has 0 bridgehead atoms. The molecule has 2 N–H and O–H groups in total. The molecular formula is C32H33N5O4S. The number of nitrogens with one attached hydrogen (secondary N) is 2. The Bertz CT molecular complexity index is 1610. The first kappa shape index (κ1) is 28.8. The number of ether oxygens (including phenoxy) is 2. The van der Waals surface area contributed by atoms with E-state index in [0.717, 1.165) is 22.8 Å². The summed E-state index contributed by atoms with van der Waals surface area (Å²) in [5.41, 5.74) is 3.93. The van der Waals surface area contributed by atoms with Gasteiger partial charge in [0, 0.05) is 40.9 Å². The highest BCUT2D eigenvalue weighted by Gasteiger charge is 2.42. The van der Waals surface area contributed by atoms with E-state index in [1.807, 2.05) is 92.5 Å². The van der Waals surface area contributed by atoms with Crippen molar-refractivity contribution < 1.29 is 19.1 Å². The molecule has 1 fully saturated rings. The summed E-state index contributed by atoms with van der Waals surface area (Å²) in [5, 5.41) is 6.98. The number of benzene rings is 2. The lowest BCUT2D eigenvalue weighted by Crippen LogP contribution is -2.30. The second kappa shape index (κ2) is 11.7. The summed E-state index contributed by atoms with van der Waals surface area (Å²) < 4.78 is 12.6. The number of methoxy groups -OCH3 is 2. The maximum atomic E-state index is 12.7. The molecule has 2 atom stereocenters. The number of hydrogen-bond acceptors (Lipinski definition) is 6. The topological polar surface area (TPSA) is 97.7 Å². The van der Waals surface area contributed by atoms with Crippen LogP contribution in [0.15, 0.2) is 85.2 Å². The molecule has 5 rings (SSSR count). The van der Waals surface area contributed by atoms with Crippen molar-refractivity contribution in [2.75, 3.05) is 24.4 Å². The molecule has 0 radical (unpaired) electrons. The third kappa shape index (κ3) is 5.58. The van der Waals surface area contributed by atoms with Gasteiger partial charge < -0.3 is 29.6 Å². The second-order valence-electron chi connectivity index (χ2n) is 10.9. The summed E-state index contributed by atoms with van der Waals surface area (Å²) in [6.45, 7) is 5.58. The molecule has 0 unspecified atom stereocenters. The lowest BCUT2D eigenvalue weighted by atomic mass is 9.95. The number of aromatic nitrogens is 2. The number of amides is 1. The van der Waals surface area contributed by atoms with Crippen LogP contribution < -0.4 is 20.3 Å². The summed E-state index contributed by atoms with van der Waals surface area (Å²) in [5.74, 6) is 0.00913. The highest BCUT2D eigenvalue weighted by Crippen LogP contribution is 2.44. The van der Waals surface area contributed by atoms with Gasteiger partial charge in [0.1, 0.15) is 11.8 Å². The molecular weight excluding hydrogens is 550 g/mol. The summed E-state index contributed by atoms with van der Waals surface area (Å²) in [6, 6.07) is 22.1. The van der Waals surface area contributed by atoms with Gasteiger partial charge in [-0.05, 0) is 72.9 Å². The maximum Gasteiger partial charge on any atom is 0.337 e. The van der Waals surface area contributed by atoms with E-state index < -0.39 is 11.4 Å². The van der Waals surface area contributed by atoms with Crippen molar-refractivity contribution in [2.45, 2.75) is 32.9 Å². The fourth-order valence-electron chi connectivity index (χ4n) is 4.92. The summed E-state index contributed by atoms with van der Waals surface area (Å²) >= 11 is 5.92. The van der Waals surface area contributed by atoms with Crippen LogP contribution in [-0.4, -0.2) is 40.8 Å². The number of rotatable bonds is 7. The SMILES string of the molecule is COC(=O)c1ccc(-n2cccc2[C@H]2[C@@H](c3ccccn3)NC(=S)N2c2ccc(NC(=O)C(C)(C)C)c(OC)c2)cc1. The normalized spacial score (nSPS) is 16.6. The number of carbonyl (C=O) groups excluding carboxylic acids is 2. The smallest absolute Gasteiger partial charge is 0.337 e. The predicted molar refractivity (Wildman–Crippen MR) is 166 cm³/mol. The van der Waals surface area contributed by atoms with E-state index in [1.54, 1.807) is 25.4 Å². The van der Waals surface area contributed by atoms with E-state index >= 15 is 0 Å². The van der Waals surface area contributed by atoms with Crippen molar-refractivity contribution in [1.29, 1.82) is 0 Å². The molecule has 3 heterocycles. The Morgan fingerprint density at radius 2 is 1.71 bits per heavy atom. The Hall–Kier alpha value is -4.70. The molecule has 0 saturated carbocycles. The van der Waals surface area contributed by atoms with Gasteiger partial charge in [-0.3, -0.25) is 9.78 Å². The largest absolute Gasteiger partial charge is 0.494 e. The number of thiocarbonyl (C=S) groups is 1. The van der Waals surface area contributed by atoms with Gasteiger partial charge in [-0.1, -0.05) is 26.8 Å². The fourth-order valence-corrected chi connectivity index (χ4v) is 5.27. The number of carbonyl (C=O) groups is 2. The first-order valence-electron chi connectivity index (χ1n) is 13.5. The summed E-state index contributed by atoms with van der Waals surface area (Å²) in [7, 11) is 2.94. The highest BCUT2D eigenvalue weighted by molar-refractivity contribution is 7.80. The second-order valence-corrected chi connectivity index (χ2v) is 11.3. The number of nitrogens with zero attached hydrogens (tertiary/aromatic N) is 3. The van der Waals surface area contributed by atoms with E-state index in [-0.39, 0.29) is 18.0 Å². The lowest BCUT2D eigenvalue weighted by Gasteiger charge is -2.29. The first-order valence-corrected chi connectivity index (χ1v) is 13.9. The lowest BCUT2D eigenvalue weighted by molar-refractivity contribution is -0.123. The van der Waals surface area contributed by atoms with Crippen LogP contribution in [0.4, 0.5) is 11.4 Å². The molecule has 2 aromatic heterocycles. The molecule has 42 heavy (non-hydrogen) atoms. The molecule has 0 aliphatic carbocycles. The maximum absolute atomic E-state index is 12.7. The highest BCUT2D eigenvalue weighted by atomic mass is 32.1. The van der Waals surface area contributed by atoms with Crippen molar-refractivity contribution in [3.8, 4) is 11.4 Å². The Morgan fingerprint density at radius 3 is 2.36 bits per heavy atom. The van der Waals surface area contributed by atoms with Crippen molar-refractivity contribution >= 4 is 40.6 Å². The zero-order chi connectivity index (χ0) is 30.0. The van der Waals surface area contributed by atoms with Crippen molar-refractivity contribution in [3.63, 3.8) is 0 Å². The van der Waals surface area contributed by atoms with Crippen molar-refractivity contribution in [1.82, 2.24) is 14.9 Å². The minimum Gasteiger partial charge on any atom is -0.494 e. The van der Waals surface area contributed by atoms with E-state index in [0.29, 0.717) is 22.1 Å². The van der Waals surface area contributed by atoms with Gasteiger partial charge in [0.25, 0.3) is 0 Å². The van der Waals surface area contributed by atoms with Gasteiger partial charge in [0.05, 0.1) is 37.2 Å². The molecule has 4 aromatic rings. The van der Waals surface area contributed by atoms with Gasteiger partial charge in [-0.25, -0.2) is 4.79 Å². The van der Waals surface area contributed by atoms with Gasteiger partial charge in [-0.2, -0.15) is 0 Å². The molecule has 1 aliphatic heterocycles. The summed E-state index contributed by atoms with van der Waals surface area (Å²) in [4.78, 5) is 31.4. The quantitative estimate of drug-likeness (QED) is 0.207. The van der Waals surface area contributed by atoms with Gasteiger partial charge in [0.2, 0.25) is 5.91 Å². The van der Waals surface area contributed by atoms with Gasteiger partial charge in [-0.15, -0.1) is 0 Å². The van der Waals surface area contributed by atoms with Crippen LogP contribution in [0.1, 0.15) is 54.6 Å². The molecule has 1 saturated heterocycles. The van der Waals surface area contributed by atoms with E-state index in [2.05, 4.69) is 20.2 Å². The van der Waals surface area contributed by atoms with Crippen LogP contribution >= 0.6 is 12.2 Å². The van der Waals surface area contributed by atoms with E-state index in [4.69, 9.17) is 21.7 Å². The van der Waals surface area contributed by atoms with Crippen molar-refractivity contribution in [3.05, 3.63) is 102 Å². The molecule has 10 heteroatoms. The number of hydrogen-bond donors (Lipinski definition) is 2. The molecule has 9 nitrogen and oxygen atoms in total. The van der Waals surface area contributed by atoms with Crippen LogP contribution in [0.3, 0.4) is 0 Å². The molecule has 2 aromatic carbocycles. The average molecular weight is 584 g/mol. The average Bonchev–Trinajstić information content (AvgIpc) is 3.61. The predicted octanol–water partition coefficient (Wildman–Crippen LogP) is 5.83. The number of esters is 1. The van der Waals surface area contributed by atoms with Crippen LogP contribution in [0.25, 0.3) is 5.69 Å². The first-order chi connectivity index (χ1) is 20.1. The zero-order valence-corrected chi connectivity index (χ0v) is 24.9. The van der Waals surface area contributed by atoms with Crippen molar-refractivity contribution in [2.24, 2.45) is 5.41 Å². The van der Waals surface area contributed by atoms with E-state index in [9.17, 15) is 9.59 Å². The number of anilines is 2. The Balaban J connectivity index is 1.59. The fraction of sp³-hybridized carbons (Fsp3) is 0.250. The van der Waals surface area contributed by atoms with Crippen LogP contribution in [0.2, 0.25) is 0 Å². The Labute approximate surface area is 250 Å². The van der Waals surface area contributed by atoms with Gasteiger partial charge >= 0.3 is 5.97 Å². The monoisotopic (exact) mass is 583 g/mol. The van der Waals surface area contributed by atoms with Gasteiger partial charge in [0.15, 0.2) is 5.11 Å². The third-order valence-electron chi connectivity index (χ3n) is 7.14. The van der Waals surface area contributed by atoms with Crippen LogP contribution in [-0.2, 0) is 9.53 Å². The molecule has 0 spiro atoms. The van der Waals surface area contributed by atoms with Crippen LogP contribution in [0.5, 0.6) is 5.75 Å². The third-order valence-corrected chi connectivity index (χ3v) is 7.46. The Morgan fingerprint density at radius 1 is 0.976 bits per heavy atom. The molecule has 216 valence electrons. The molecule has 1 aliphatic rings. The molecule has 1 amide bonds. The Kier molecular flexibility index (Phi) is 8.00. The minimum absolute atomic E-state index is 0.115.